The van der Waals surface area contributed by atoms with Crippen LogP contribution in [0.25, 0.3) is 6.08 Å². The highest BCUT2D eigenvalue weighted by atomic mass is 15.6. The summed E-state index contributed by atoms with van der Waals surface area (Å²) in [6.45, 7) is 16.7. The number of hydrogen-bond donors (Lipinski definition) is 0. The van der Waals surface area contributed by atoms with Crippen LogP contribution in [0.15, 0.2) is 35.9 Å². The monoisotopic (exact) mass is 311 g/mol. The maximum atomic E-state index is 4.24. The molecule has 1 saturated heterocycles. The lowest BCUT2D eigenvalue weighted by Gasteiger charge is -2.41. The van der Waals surface area contributed by atoms with E-state index in [1.54, 1.807) is 0 Å². The van der Waals surface area contributed by atoms with Gasteiger partial charge in [0.2, 0.25) is 0 Å². The largest absolute Gasteiger partial charge is 0.306 e. The van der Waals surface area contributed by atoms with Crippen molar-refractivity contribution >= 4 is 24.2 Å². The second-order valence-corrected chi connectivity index (χ2v) is 6.62. The summed E-state index contributed by atoms with van der Waals surface area (Å²) in [5, 5.41) is 4.54. The summed E-state index contributed by atoms with van der Waals surface area (Å²) >= 11 is 0. The molecule has 1 aliphatic rings. The van der Waals surface area contributed by atoms with E-state index >= 15 is 0 Å². The molecule has 0 N–H and O–H groups in total. The molecule has 0 amide bonds. The fourth-order valence-corrected chi connectivity index (χ4v) is 3.08. The standard InChI is InChI=1S/C20H29N3/c1-7-9-13-20(3,4)17-11-12-18(21-5)19(16(17)8-2)22(6)23-14-10-15-23/h8-9,11-13H,2,5,7,10,14-15H2,1,3-4,6H3/b13-9-. The predicted octanol–water partition coefficient (Wildman–Crippen LogP) is 4.96. The Morgan fingerprint density at radius 1 is 1.35 bits per heavy atom. The van der Waals surface area contributed by atoms with Gasteiger partial charge >= 0.3 is 0 Å². The minimum atomic E-state index is -0.0518. The highest BCUT2D eigenvalue weighted by Crippen LogP contribution is 2.41. The van der Waals surface area contributed by atoms with Gasteiger partial charge in [0.15, 0.2) is 0 Å². The number of rotatable bonds is 7. The third kappa shape index (κ3) is 3.40. The predicted molar refractivity (Wildman–Crippen MR) is 103 cm³/mol. The molecule has 0 spiro atoms. The Balaban J connectivity index is 2.59. The molecule has 3 nitrogen and oxygen atoms in total. The number of hydrogen-bond acceptors (Lipinski definition) is 3. The van der Waals surface area contributed by atoms with Crippen molar-refractivity contribution in [3.05, 3.63) is 42.0 Å². The molecule has 1 fully saturated rings. The van der Waals surface area contributed by atoms with Gasteiger partial charge in [-0.15, -0.1) is 0 Å². The molecule has 0 bridgehead atoms. The number of hydrazine groups is 1. The summed E-state index contributed by atoms with van der Waals surface area (Å²) in [6, 6.07) is 4.23. The zero-order valence-electron chi connectivity index (χ0n) is 15.0. The maximum absolute atomic E-state index is 4.24. The van der Waals surface area contributed by atoms with Crippen molar-refractivity contribution in [2.75, 3.05) is 25.1 Å². The molecular formula is C20H29N3. The molecule has 0 aliphatic carbocycles. The number of anilines is 1. The Morgan fingerprint density at radius 2 is 2.04 bits per heavy atom. The van der Waals surface area contributed by atoms with Crippen LogP contribution in [0.1, 0.15) is 44.7 Å². The number of aliphatic imine (C=N–C) groups is 1. The van der Waals surface area contributed by atoms with Crippen LogP contribution >= 0.6 is 0 Å². The number of benzene rings is 1. The second-order valence-electron chi connectivity index (χ2n) is 6.62. The Labute approximate surface area is 141 Å². The molecule has 1 aliphatic heterocycles. The van der Waals surface area contributed by atoms with Gasteiger partial charge in [-0.05, 0) is 31.2 Å². The van der Waals surface area contributed by atoms with Crippen molar-refractivity contribution in [2.45, 2.75) is 39.0 Å². The van der Waals surface area contributed by atoms with E-state index in [0.29, 0.717) is 0 Å². The first-order chi connectivity index (χ1) is 11.0. The molecule has 1 heterocycles. The molecule has 0 aromatic heterocycles. The molecule has 3 heteroatoms. The molecule has 23 heavy (non-hydrogen) atoms. The van der Waals surface area contributed by atoms with Gasteiger partial charge in [-0.1, -0.05) is 51.6 Å². The highest BCUT2D eigenvalue weighted by molar-refractivity contribution is 5.81. The Bertz CT molecular complexity index is 610. The van der Waals surface area contributed by atoms with E-state index in [9.17, 15) is 0 Å². The van der Waals surface area contributed by atoms with Gasteiger partial charge < -0.3 is 5.01 Å². The zero-order chi connectivity index (χ0) is 17.0. The summed E-state index contributed by atoms with van der Waals surface area (Å²) in [5.74, 6) is 0. The van der Waals surface area contributed by atoms with Crippen LogP contribution in [0, 0.1) is 0 Å². The first kappa shape index (κ1) is 17.5. The van der Waals surface area contributed by atoms with Crippen LogP contribution in [0.4, 0.5) is 11.4 Å². The van der Waals surface area contributed by atoms with E-state index in [1.807, 2.05) is 6.08 Å². The van der Waals surface area contributed by atoms with E-state index in [-0.39, 0.29) is 5.41 Å². The van der Waals surface area contributed by atoms with Crippen molar-refractivity contribution in [3.8, 4) is 0 Å². The van der Waals surface area contributed by atoms with Gasteiger partial charge in [0.1, 0.15) is 0 Å². The van der Waals surface area contributed by atoms with Crippen molar-refractivity contribution in [1.29, 1.82) is 0 Å². The fraction of sp³-hybridized carbons (Fsp3) is 0.450. The van der Waals surface area contributed by atoms with E-state index in [2.05, 4.69) is 80.4 Å². The molecular weight excluding hydrogens is 282 g/mol. The van der Waals surface area contributed by atoms with Crippen LogP contribution < -0.4 is 5.01 Å². The summed E-state index contributed by atoms with van der Waals surface area (Å²) < 4.78 is 0. The van der Waals surface area contributed by atoms with Crippen molar-refractivity contribution in [2.24, 2.45) is 4.99 Å². The fourth-order valence-electron chi connectivity index (χ4n) is 3.08. The van der Waals surface area contributed by atoms with Crippen LogP contribution in [0.2, 0.25) is 0 Å². The van der Waals surface area contributed by atoms with Gasteiger partial charge in [-0.2, -0.15) is 0 Å². The quantitative estimate of drug-likeness (QED) is 0.523. The SMILES string of the molecule is C=Cc1c(C(C)(C)/C=C\CC)ccc(N=C)c1N(C)N1CCC1. The van der Waals surface area contributed by atoms with Gasteiger partial charge in [0.25, 0.3) is 0 Å². The summed E-state index contributed by atoms with van der Waals surface area (Å²) in [4.78, 5) is 4.24. The number of nitrogens with zero attached hydrogens (tertiary/aromatic N) is 3. The summed E-state index contributed by atoms with van der Waals surface area (Å²) in [6.07, 6.45) is 8.75. The summed E-state index contributed by atoms with van der Waals surface area (Å²) in [7, 11) is 2.11. The second kappa shape index (κ2) is 7.14. The van der Waals surface area contributed by atoms with Crippen molar-refractivity contribution in [3.63, 3.8) is 0 Å². The highest BCUT2D eigenvalue weighted by Gasteiger charge is 2.27. The molecule has 2 rings (SSSR count). The third-order valence-corrected chi connectivity index (χ3v) is 4.61. The van der Waals surface area contributed by atoms with Gasteiger partial charge in [-0.3, -0.25) is 4.99 Å². The minimum Gasteiger partial charge on any atom is -0.306 e. The van der Waals surface area contributed by atoms with Gasteiger partial charge in [0, 0.05) is 31.1 Å². The molecule has 0 saturated carbocycles. The maximum Gasteiger partial charge on any atom is 0.0875 e. The Kier molecular flexibility index (Phi) is 5.42. The topological polar surface area (TPSA) is 18.8 Å². The molecule has 0 radical (unpaired) electrons. The average Bonchev–Trinajstić information content (AvgIpc) is 2.49. The van der Waals surface area contributed by atoms with E-state index in [0.717, 1.165) is 36.4 Å². The van der Waals surface area contributed by atoms with E-state index in [1.165, 1.54) is 12.0 Å². The van der Waals surface area contributed by atoms with Gasteiger partial charge in [-0.25, -0.2) is 5.01 Å². The Morgan fingerprint density at radius 3 is 2.52 bits per heavy atom. The first-order valence-electron chi connectivity index (χ1n) is 8.39. The average molecular weight is 311 g/mol. The van der Waals surface area contributed by atoms with Crippen LogP contribution in [0.3, 0.4) is 0 Å². The van der Waals surface area contributed by atoms with Crippen LogP contribution in [-0.2, 0) is 5.41 Å². The molecule has 124 valence electrons. The van der Waals surface area contributed by atoms with E-state index < -0.39 is 0 Å². The third-order valence-electron chi connectivity index (χ3n) is 4.61. The summed E-state index contributed by atoms with van der Waals surface area (Å²) in [5.41, 5.74) is 4.38. The lowest BCUT2D eigenvalue weighted by atomic mass is 9.80. The van der Waals surface area contributed by atoms with E-state index in [4.69, 9.17) is 0 Å². The molecule has 1 aromatic rings. The van der Waals surface area contributed by atoms with Crippen molar-refractivity contribution in [1.82, 2.24) is 5.01 Å². The Hall–Kier alpha value is -1.87. The smallest absolute Gasteiger partial charge is 0.0875 e. The van der Waals surface area contributed by atoms with Crippen LogP contribution in [-0.4, -0.2) is 31.9 Å². The molecule has 0 atom stereocenters. The number of allylic oxidation sites excluding steroid dienone is 2. The van der Waals surface area contributed by atoms with Crippen LogP contribution in [0.5, 0.6) is 0 Å². The van der Waals surface area contributed by atoms with Crippen molar-refractivity contribution < 1.29 is 0 Å². The minimum absolute atomic E-state index is 0.0518. The normalized spacial score (nSPS) is 15.5. The lowest BCUT2D eigenvalue weighted by molar-refractivity contribution is 0.172. The zero-order valence-corrected chi connectivity index (χ0v) is 15.0. The molecule has 0 unspecified atom stereocenters. The van der Waals surface area contributed by atoms with Gasteiger partial charge in [0.05, 0.1) is 11.4 Å². The molecule has 1 aromatic carbocycles. The lowest BCUT2D eigenvalue weighted by Crippen LogP contribution is -2.49. The first-order valence-corrected chi connectivity index (χ1v) is 8.39.